The van der Waals surface area contributed by atoms with Crippen molar-refractivity contribution < 1.29 is 8.95 Å². The minimum absolute atomic E-state index is 0.0243. The molecule has 0 saturated heterocycles. The Labute approximate surface area is 127 Å². The van der Waals surface area contributed by atoms with Gasteiger partial charge in [-0.25, -0.2) is 4.99 Å². The molecular weight excluding hydrogens is 282 g/mol. The summed E-state index contributed by atoms with van der Waals surface area (Å²) in [5.74, 6) is 0.926. The highest BCUT2D eigenvalue weighted by atomic mass is 32.2. The Bertz CT molecular complexity index is 665. The lowest BCUT2D eigenvalue weighted by atomic mass is 10.1. The first-order valence-electron chi connectivity index (χ1n) is 6.92. The number of hydrogen-bond donors (Lipinski definition) is 0. The highest BCUT2D eigenvalue weighted by molar-refractivity contribution is 7.85. The maximum Gasteiger partial charge on any atom is 0.197 e. The van der Waals surface area contributed by atoms with Gasteiger partial charge in [-0.1, -0.05) is 48.0 Å². The molecule has 0 saturated carbocycles. The largest absolute Gasteiger partial charge is 0.478 e. The van der Waals surface area contributed by atoms with E-state index in [1.165, 1.54) is 0 Å². The van der Waals surface area contributed by atoms with Gasteiger partial charge in [0.15, 0.2) is 5.90 Å². The fourth-order valence-corrected chi connectivity index (χ4v) is 3.22. The molecule has 0 spiro atoms. The molecule has 1 aliphatic heterocycles. The van der Waals surface area contributed by atoms with Gasteiger partial charge in [0.2, 0.25) is 0 Å². The highest BCUT2D eigenvalue weighted by Gasteiger charge is 2.22. The van der Waals surface area contributed by atoms with E-state index in [0.717, 1.165) is 16.0 Å². The molecule has 0 aromatic heterocycles. The number of ether oxygens (including phenoxy) is 1. The van der Waals surface area contributed by atoms with Gasteiger partial charge in [-0.15, -0.1) is 0 Å². The minimum Gasteiger partial charge on any atom is -0.478 e. The normalized spacial score (nSPS) is 18.9. The second-order valence-electron chi connectivity index (χ2n) is 5.06. The fraction of sp³-hybridized carbons (Fsp3) is 0.235. The Balaban J connectivity index is 1.68. The molecule has 0 bridgehead atoms. The number of aliphatic imine (C=N–C) groups is 1. The molecule has 1 heterocycles. The molecule has 1 unspecified atom stereocenters. The van der Waals surface area contributed by atoms with Crippen molar-refractivity contribution in [2.75, 3.05) is 12.4 Å². The van der Waals surface area contributed by atoms with Crippen molar-refractivity contribution in [3.8, 4) is 0 Å². The first kappa shape index (κ1) is 14.0. The zero-order valence-electron chi connectivity index (χ0n) is 11.9. The molecular formula is C17H17NO2S. The minimum atomic E-state index is -1.11. The maximum absolute atomic E-state index is 12.3. The summed E-state index contributed by atoms with van der Waals surface area (Å²) in [6.07, 6.45) is 0. The van der Waals surface area contributed by atoms with Gasteiger partial charge >= 0.3 is 0 Å². The molecule has 0 N–H and O–H groups in total. The van der Waals surface area contributed by atoms with Crippen LogP contribution in [0, 0.1) is 6.92 Å². The van der Waals surface area contributed by atoms with Crippen molar-refractivity contribution in [2.24, 2.45) is 4.99 Å². The molecule has 3 nitrogen and oxygen atoms in total. The summed E-state index contributed by atoms with van der Waals surface area (Å²) in [6.45, 7) is 2.55. The Hall–Kier alpha value is -1.94. The molecule has 1 aliphatic rings. The third-order valence-corrected chi connectivity index (χ3v) is 4.74. The summed E-state index contributed by atoms with van der Waals surface area (Å²) in [4.78, 5) is 5.36. The van der Waals surface area contributed by atoms with Gasteiger partial charge < -0.3 is 4.74 Å². The lowest BCUT2D eigenvalue weighted by Crippen LogP contribution is -2.11. The van der Waals surface area contributed by atoms with Crippen LogP contribution >= 0.6 is 0 Å². The van der Waals surface area contributed by atoms with Gasteiger partial charge in [0.25, 0.3) is 0 Å². The van der Waals surface area contributed by atoms with Gasteiger partial charge in [0.05, 0.1) is 10.8 Å². The van der Waals surface area contributed by atoms with E-state index in [-0.39, 0.29) is 6.04 Å². The molecule has 2 aromatic carbocycles. The van der Waals surface area contributed by atoms with Crippen LogP contribution in [0.3, 0.4) is 0 Å². The van der Waals surface area contributed by atoms with Crippen molar-refractivity contribution in [1.82, 2.24) is 0 Å². The zero-order chi connectivity index (χ0) is 14.7. The van der Waals surface area contributed by atoms with E-state index >= 15 is 0 Å². The molecule has 3 rings (SSSR count). The van der Waals surface area contributed by atoms with Crippen LogP contribution in [0.2, 0.25) is 0 Å². The smallest absolute Gasteiger partial charge is 0.197 e. The van der Waals surface area contributed by atoms with E-state index in [1.54, 1.807) is 0 Å². The Morgan fingerprint density at radius 3 is 2.57 bits per heavy atom. The van der Waals surface area contributed by atoms with Crippen molar-refractivity contribution in [2.45, 2.75) is 17.9 Å². The van der Waals surface area contributed by atoms with Gasteiger partial charge in [-0.05, 0) is 24.6 Å². The van der Waals surface area contributed by atoms with E-state index in [2.05, 4.69) is 4.99 Å². The van der Waals surface area contributed by atoms with E-state index in [1.807, 2.05) is 61.5 Å². The van der Waals surface area contributed by atoms with Crippen LogP contribution in [0.15, 0.2) is 64.5 Å². The van der Waals surface area contributed by atoms with Crippen LogP contribution < -0.4 is 0 Å². The second kappa shape index (κ2) is 6.22. The summed E-state index contributed by atoms with van der Waals surface area (Å²) in [7, 11) is -1.11. The van der Waals surface area contributed by atoms with E-state index < -0.39 is 10.8 Å². The zero-order valence-corrected chi connectivity index (χ0v) is 12.7. The van der Waals surface area contributed by atoms with E-state index in [4.69, 9.17) is 4.74 Å². The number of benzene rings is 2. The number of hydrogen-bond acceptors (Lipinski definition) is 3. The average Bonchev–Trinajstić information content (AvgIpc) is 2.97. The summed E-state index contributed by atoms with van der Waals surface area (Å²) in [6, 6.07) is 17.8. The third-order valence-electron chi connectivity index (χ3n) is 3.43. The Morgan fingerprint density at radius 1 is 1.14 bits per heavy atom. The summed E-state index contributed by atoms with van der Waals surface area (Å²) >= 11 is 0. The molecule has 2 atom stereocenters. The maximum atomic E-state index is 12.3. The monoisotopic (exact) mass is 299 g/mol. The molecule has 0 aliphatic carbocycles. The average molecular weight is 299 g/mol. The highest BCUT2D eigenvalue weighted by Crippen LogP contribution is 2.23. The number of nitrogens with zero attached hydrogens (tertiary/aromatic N) is 1. The van der Waals surface area contributed by atoms with Crippen LogP contribution in [-0.2, 0) is 15.5 Å². The van der Waals surface area contributed by atoms with Gasteiger partial charge in [-0.2, -0.15) is 0 Å². The number of rotatable bonds is 4. The third kappa shape index (κ3) is 3.39. The number of aryl methyl sites for hydroxylation is 1. The van der Waals surface area contributed by atoms with Crippen LogP contribution in [0.25, 0.3) is 0 Å². The predicted molar refractivity (Wildman–Crippen MR) is 85.0 cm³/mol. The summed E-state index contributed by atoms with van der Waals surface area (Å²) in [5, 5.41) is 0. The van der Waals surface area contributed by atoms with Crippen molar-refractivity contribution in [3.05, 3.63) is 65.7 Å². The van der Waals surface area contributed by atoms with Crippen molar-refractivity contribution in [1.29, 1.82) is 0 Å². The van der Waals surface area contributed by atoms with Gasteiger partial charge in [0.1, 0.15) is 18.4 Å². The van der Waals surface area contributed by atoms with E-state index in [0.29, 0.717) is 18.3 Å². The fourth-order valence-electron chi connectivity index (χ4n) is 2.23. The second-order valence-corrected chi connectivity index (χ2v) is 6.51. The van der Waals surface area contributed by atoms with Crippen molar-refractivity contribution in [3.63, 3.8) is 0 Å². The molecule has 0 radical (unpaired) electrons. The molecule has 108 valence electrons. The van der Waals surface area contributed by atoms with Crippen LogP contribution in [0.1, 0.15) is 17.2 Å². The lowest BCUT2D eigenvalue weighted by molar-refractivity contribution is 0.317. The van der Waals surface area contributed by atoms with Gasteiger partial charge in [0, 0.05) is 4.90 Å². The summed E-state index contributed by atoms with van der Waals surface area (Å²) in [5.41, 5.74) is 2.29. The van der Waals surface area contributed by atoms with Crippen LogP contribution in [-0.4, -0.2) is 22.5 Å². The van der Waals surface area contributed by atoms with Crippen LogP contribution in [0.4, 0.5) is 0 Å². The molecule has 21 heavy (non-hydrogen) atoms. The van der Waals surface area contributed by atoms with Crippen LogP contribution in [0.5, 0.6) is 0 Å². The molecule has 4 heteroatoms. The molecule has 0 amide bonds. The Morgan fingerprint density at radius 2 is 1.86 bits per heavy atom. The molecule has 0 fully saturated rings. The topological polar surface area (TPSA) is 38.7 Å². The SMILES string of the molecule is Cc1ccc(S(=O)CC2=N[C@@H](c3ccccc3)CO2)cc1. The molecule has 2 aromatic rings. The predicted octanol–water partition coefficient (Wildman–Crippen LogP) is 3.27. The standard InChI is InChI=1S/C17H17NO2S/c1-13-7-9-15(10-8-13)21(19)12-17-18-16(11-20-17)14-5-3-2-4-6-14/h2-10,16H,11-12H2,1H3/t16-,21?/m1/s1. The lowest BCUT2D eigenvalue weighted by Gasteiger charge is -2.03. The van der Waals surface area contributed by atoms with E-state index in [9.17, 15) is 4.21 Å². The van der Waals surface area contributed by atoms with Gasteiger partial charge in [-0.3, -0.25) is 4.21 Å². The first-order chi connectivity index (χ1) is 10.2. The van der Waals surface area contributed by atoms with Crippen molar-refractivity contribution >= 4 is 16.7 Å². The first-order valence-corrected chi connectivity index (χ1v) is 8.24. The Kier molecular flexibility index (Phi) is 4.15. The summed E-state index contributed by atoms with van der Waals surface area (Å²) < 4.78 is 17.9. The quantitative estimate of drug-likeness (QED) is 0.869.